The Morgan fingerprint density at radius 1 is 1.36 bits per heavy atom. The van der Waals surface area contributed by atoms with Gasteiger partial charge in [0.1, 0.15) is 18.3 Å². The Kier molecular flexibility index (Phi) is 6.44. The van der Waals surface area contributed by atoms with Gasteiger partial charge in [0.25, 0.3) is 0 Å². The smallest absolute Gasteiger partial charge is 0.319 e. The minimum atomic E-state index is -0.545. The summed E-state index contributed by atoms with van der Waals surface area (Å²) in [6.07, 6.45) is 3.70. The van der Waals surface area contributed by atoms with Gasteiger partial charge in [0.15, 0.2) is 5.82 Å². The number of halogens is 1. The molecule has 0 bridgehead atoms. The molecule has 2 rings (SSSR count). The molecule has 9 heteroatoms. The minimum Gasteiger partial charge on any atom is -0.354 e. The van der Waals surface area contributed by atoms with Crippen LogP contribution in [0, 0.1) is 5.82 Å². The zero-order valence-electron chi connectivity index (χ0n) is 14.1. The first-order valence-corrected chi connectivity index (χ1v) is 7.98. The molecule has 0 aliphatic carbocycles. The Morgan fingerprint density at radius 3 is 2.80 bits per heavy atom. The van der Waals surface area contributed by atoms with Crippen molar-refractivity contribution in [3.8, 4) is 5.69 Å². The topological polar surface area (TPSA) is 101 Å². The zero-order valence-corrected chi connectivity index (χ0v) is 14.1. The van der Waals surface area contributed by atoms with Crippen molar-refractivity contribution in [2.45, 2.75) is 32.7 Å². The van der Waals surface area contributed by atoms with Gasteiger partial charge in [-0.2, -0.15) is 5.10 Å². The van der Waals surface area contributed by atoms with Crippen LogP contribution in [-0.4, -0.2) is 39.3 Å². The normalized spacial score (nSPS) is 11.6. The average Bonchev–Trinajstić information content (AvgIpc) is 3.09. The molecule has 0 fully saturated rings. The first-order chi connectivity index (χ1) is 12.0. The maximum Gasteiger partial charge on any atom is 0.319 e. The highest BCUT2D eigenvalue weighted by molar-refractivity contribution is 5.89. The van der Waals surface area contributed by atoms with Gasteiger partial charge in [0.2, 0.25) is 5.91 Å². The number of urea groups is 1. The third kappa shape index (κ3) is 5.55. The number of nitrogens with zero attached hydrogens (tertiary/aromatic N) is 3. The van der Waals surface area contributed by atoms with Crippen LogP contribution in [-0.2, 0) is 4.79 Å². The summed E-state index contributed by atoms with van der Waals surface area (Å²) < 4.78 is 15.4. The van der Waals surface area contributed by atoms with Crippen LogP contribution >= 0.6 is 0 Å². The van der Waals surface area contributed by atoms with E-state index in [-0.39, 0.29) is 30.6 Å². The predicted octanol–water partition coefficient (Wildman–Crippen LogP) is 1.83. The summed E-state index contributed by atoms with van der Waals surface area (Å²) in [5.41, 5.74) is 0.521. The molecule has 3 amide bonds. The second kappa shape index (κ2) is 8.76. The highest BCUT2D eigenvalue weighted by atomic mass is 19.1. The van der Waals surface area contributed by atoms with Crippen molar-refractivity contribution in [3.05, 3.63) is 36.7 Å². The largest absolute Gasteiger partial charge is 0.354 e. The summed E-state index contributed by atoms with van der Waals surface area (Å²) in [7, 11) is 0. The highest BCUT2D eigenvalue weighted by Crippen LogP contribution is 2.17. The predicted molar refractivity (Wildman–Crippen MR) is 90.9 cm³/mol. The Bertz CT molecular complexity index is 719. The lowest BCUT2D eigenvalue weighted by Gasteiger charge is -2.12. The summed E-state index contributed by atoms with van der Waals surface area (Å²) in [6.45, 7) is 4.08. The first-order valence-electron chi connectivity index (χ1n) is 7.98. The van der Waals surface area contributed by atoms with Crippen LogP contribution in [0.4, 0.5) is 14.9 Å². The van der Waals surface area contributed by atoms with E-state index in [4.69, 9.17) is 0 Å². The number of hydrogen-bond donors (Lipinski definition) is 3. The van der Waals surface area contributed by atoms with Gasteiger partial charge in [-0.25, -0.2) is 18.9 Å². The van der Waals surface area contributed by atoms with Crippen LogP contribution in [0.25, 0.3) is 5.69 Å². The maximum atomic E-state index is 14.1. The summed E-state index contributed by atoms with van der Waals surface area (Å²) in [5, 5.41) is 11.7. The van der Waals surface area contributed by atoms with Crippen molar-refractivity contribution in [1.29, 1.82) is 0 Å². The van der Waals surface area contributed by atoms with E-state index < -0.39 is 11.8 Å². The number of hydrogen-bond acceptors (Lipinski definition) is 4. The monoisotopic (exact) mass is 348 g/mol. The van der Waals surface area contributed by atoms with E-state index in [9.17, 15) is 14.0 Å². The van der Waals surface area contributed by atoms with Gasteiger partial charge in [0, 0.05) is 24.7 Å². The number of carbonyl (C=O) groups excluding carboxylic acids is 2. The Hall–Kier alpha value is -2.97. The van der Waals surface area contributed by atoms with Gasteiger partial charge in [-0.05, 0) is 31.5 Å². The van der Waals surface area contributed by atoms with Gasteiger partial charge in [-0.1, -0.05) is 6.92 Å². The standard InChI is InChI=1S/C16H21FN6O2/c1-3-11(2)21-15(24)6-7-19-16(25)22-12-4-5-14(13(17)8-12)23-10-18-9-20-23/h4-5,8-11H,3,6-7H2,1-2H3,(H,21,24)(H2,19,22,25)/t11-/m1/s1. The van der Waals surface area contributed by atoms with Gasteiger partial charge >= 0.3 is 6.03 Å². The van der Waals surface area contributed by atoms with Crippen LogP contribution < -0.4 is 16.0 Å². The van der Waals surface area contributed by atoms with Crippen LogP contribution in [0.2, 0.25) is 0 Å². The molecule has 0 aliphatic heterocycles. The first kappa shape index (κ1) is 18.4. The lowest BCUT2D eigenvalue weighted by molar-refractivity contribution is -0.121. The van der Waals surface area contributed by atoms with Crippen molar-refractivity contribution >= 4 is 17.6 Å². The van der Waals surface area contributed by atoms with Gasteiger partial charge in [0.05, 0.1) is 0 Å². The summed E-state index contributed by atoms with van der Waals surface area (Å²) in [6, 6.07) is 3.82. The van der Waals surface area contributed by atoms with Crippen LogP contribution in [0.5, 0.6) is 0 Å². The van der Waals surface area contributed by atoms with Crippen LogP contribution in [0.1, 0.15) is 26.7 Å². The Balaban J connectivity index is 1.81. The Labute approximate surface area is 144 Å². The molecule has 1 heterocycles. The lowest BCUT2D eigenvalue weighted by atomic mass is 10.2. The summed E-state index contributed by atoms with van der Waals surface area (Å²) in [5.74, 6) is -0.672. The molecular formula is C16H21FN6O2. The molecule has 0 aliphatic rings. The van der Waals surface area contributed by atoms with Crippen LogP contribution in [0.15, 0.2) is 30.9 Å². The zero-order chi connectivity index (χ0) is 18.2. The van der Waals surface area contributed by atoms with Crippen molar-refractivity contribution in [3.63, 3.8) is 0 Å². The van der Waals surface area contributed by atoms with E-state index in [1.165, 1.54) is 29.5 Å². The van der Waals surface area contributed by atoms with Gasteiger partial charge in [-0.15, -0.1) is 0 Å². The summed E-state index contributed by atoms with van der Waals surface area (Å²) in [4.78, 5) is 27.1. The number of rotatable bonds is 7. The summed E-state index contributed by atoms with van der Waals surface area (Å²) >= 11 is 0. The average molecular weight is 348 g/mol. The fourth-order valence-corrected chi connectivity index (χ4v) is 2.02. The second-order valence-electron chi connectivity index (χ2n) is 5.51. The number of amides is 3. The molecular weight excluding hydrogens is 327 g/mol. The number of carbonyl (C=O) groups is 2. The van der Waals surface area contributed by atoms with E-state index in [0.717, 1.165) is 6.42 Å². The van der Waals surface area contributed by atoms with Crippen molar-refractivity contribution in [1.82, 2.24) is 25.4 Å². The lowest BCUT2D eigenvalue weighted by Crippen LogP contribution is -2.36. The minimum absolute atomic E-state index is 0.104. The van der Waals surface area contributed by atoms with E-state index in [1.54, 1.807) is 6.07 Å². The molecule has 25 heavy (non-hydrogen) atoms. The van der Waals surface area contributed by atoms with E-state index >= 15 is 0 Å². The van der Waals surface area contributed by atoms with E-state index in [2.05, 4.69) is 26.0 Å². The van der Waals surface area contributed by atoms with Crippen molar-refractivity contribution in [2.24, 2.45) is 0 Å². The van der Waals surface area contributed by atoms with E-state index in [0.29, 0.717) is 5.69 Å². The fraction of sp³-hybridized carbons (Fsp3) is 0.375. The molecule has 0 spiro atoms. The molecule has 0 saturated carbocycles. The molecule has 2 aromatic rings. The SMILES string of the molecule is CC[C@@H](C)NC(=O)CCNC(=O)Nc1ccc(-n2cncn2)c(F)c1. The second-order valence-corrected chi connectivity index (χ2v) is 5.51. The van der Waals surface area contributed by atoms with Gasteiger partial charge in [-0.3, -0.25) is 4.79 Å². The fourth-order valence-electron chi connectivity index (χ4n) is 2.02. The molecule has 1 aromatic carbocycles. The number of benzene rings is 1. The maximum absolute atomic E-state index is 14.1. The van der Waals surface area contributed by atoms with E-state index in [1.807, 2.05) is 13.8 Å². The quantitative estimate of drug-likeness (QED) is 0.710. The molecule has 8 nitrogen and oxygen atoms in total. The van der Waals surface area contributed by atoms with Crippen LogP contribution in [0.3, 0.4) is 0 Å². The number of nitrogens with one attached hydrogen (secondary N) is 3. The number of anilines is 1. The Morgan fingerprint density at radius 2 is 2.16 bits per heavy atom. The molecule has 3 N–H and O–H groups in total. The third-order valence-corrected chi connectivity index (χ3v) is 3.53. The van der Waals surface area contributed by atoms with Crippen molar-refractivity contribution < 1.29 is 14.0 Å². The third-order valence-electron chi connectivity index (χ3n) is 3.53. The molecule has 0 radical (unpaired) electrons. The molecule has 1 atom stereocenters. The highest BCUT2D eigenvalue weighted by Gasteiger charge is 2.09. The molecule has 134 valence electrons. The number of aromatic nitrogens is 3. The molecule has 1 aromatic heterocycles. The molecule has 0 saturated heterocycles. The molecule has 0 unspecified atom stereocenters. The van der Waals surface area contributed by atoms with Crippen molar-refractivity contribution in [2.75, 3.05) is 11.9 Å². The van der Waals surface area contributed by atoms with Gasteiger partial charge < -0.3 is 16.0 Å².